The first-order valence-electron chi connectivity index (χ1n) is 14.3. The summed E-state index contributed by atoms with van der Waals surface area (Å²) in [6.07, 6.45) is 8.55. The Morgan fingerprint density at radius 3 is 2.45 bits per heavy atom. The largest absolute Gasteiger partial charge is 0.371 e. The van der Waals surface area contributed by atoms with Crippen LogP contribution in [0.5, 0.6) is 0 Å². The van der Waals surface area contributed by atoms with E-state index in [0.29, 0.717) is 28.9 Å². The lowest BCUT2D eigenvalue weighted by molar-refractivity contribution is 0.141. The minimum Gasteiger partial charge on any atom is -0.371 e. The predicted molar refractivity (Wildman–Crippen MR) is 164 cm³/mol. The van der Waals surface area contributed by atoms with E-state index in [9.17, 15) is 8.42 Å². The number of para-hydroxylation sites is 1. The standard InChI is InChI=1S/C30H39ClN6O2S/c1-3-19-40(38,39)28-10-6-5-9-27(28)33-29-25(31)21-32-30(35-29)34-26-12-11-24(20-22(26)2)37-17-13-23(14-18-37)36-15-7-4-8-16-36/h5-6,9-12,20-21,23H,3-4,7-8,13-19H2,1-2H3,(H2,32,33,34,35). The molecule has 0 unspecified atom stereocenters. The first kappa shape index (κ1) is 28.6. The monoisotopic (exact) mass is 582 g/mol. The van der Waals surface area contributed by atoms with Gasteiger partial charge in [-0.25, -0.2) is 13.4 Å². The zero-order valence-electron chi connectivity index (χ0n) is 23.4. The zero-order chi connectivity index (χ0) is 28.1. The van der Waals surface area contributed by atoms with Crippen molar-refractivity contribution in [1.29, 1.82) is 0 Å². The highest BCUT2D eigenvalue weighted by atomic mass is 35.5. The average molecular weight is 583 g/mol. The van der Waals surface area contributed by atoms with E-state index in [2.05, 4.69) is 55.5 Å². The van der Waals surface area contributed by atoms with Gasteiger partial charge in [0.1, 0.15) is 5.02 Å². The molecule has 0 radical (unpaired) electrons. The maximum Gasteiger partial charge on any atom is 0.229 e. The number of anilines is 5. The molecule has 10 heteroatoms. The topological polar surface area (TPSA) is 90.5 Å². The lowest BCUT2D eigenvalue weighted by Crippen LogP contribution is -2.46. The van der Waals surface area contributed by atoms with Crippen molar-refractivity contribution >= 4 is 50.3 Å². The van der Waals surface area contributed by atoms with Gasteiger partial charge in [-0.3, -0.25) is 0 Å². The van der Waals surface area contributed by atoms with E-state index in [1.807, 2.05) is 6.92 Å². The Balaban J connectivity index is 1.27. The molecule has 3 aromatic rings. The molecule has 0 atom stereocenters. The second-order valence-corrected chi connectivity index (χ2v) is 13.3. The van der Waals surface area contributed by atoms with E-state index >= 15 is 0 Å². The summed E-state index contributed by atoms with van der Waals surface area (Å²) in [5.41, 5.74) is 3.68. The van der Waals surface area contributed by atoms with Gasteiger partial charge >= 0.3 is 0 Å². The Labute approximate surface area is 243 Å². The summed E-state index contributed by atoms with van der Waals surface area (Å²) in [5.74, 6) is 0.782. The zero-order valence-corrected chi connectivity index (χ0v) is 24.9. The average Bonchev–Trinajstić information content (AvgIpc) is 2.96. The summed E-state index contributed by atoms with van der Waals surface area (Å²) < 4.78 is 25.6. The number of hydrogen-bond acceptors (Lipinski definition) is 8. The second-order valence-electron chi connectivity index (χ2n) is 10.8. The molecule has 214 valence electrons. The molecule has 2 aliphatic heterocycles. The molecule has 2 aromatic carbocycles. The fourth-order valence-corrected chi connectivity index (χ4v) is 7.38. The first-order chi connectivity index (χ1) is 19.3. The van der Waals surface area contributed by atoms with E-state index in [1.165, 1.54) is 57.1 Å². The van der Waals surface area contributed by atoms with Crippen molar-refractivity contribution in [3.8, 4) is 0 Å². The van der Waals surface area contributed by atoms with Crippen molar-refractivity contribution in [3.05, 3.63) is 59.2 Å². The highest BCUT2D eigenvalue weighted by Gasteiger charge is 2.26. The molecular weight excluding hydrogens is 544 g/mol. The van der Waals surface area contributed by atoms with Crippen LogP contribution in [0.3, 0.4) is 0 Å². The van der Waals surface area contributed by atoms with Gasteiger partial charge in [-0.15, -0.1) is 0 Å². The molecule has 2 saturated heterocycles. The number of likely N-dealkylation sites (tertiary alicyclic amines) is 1. The van der Waals surface area contributed by atoms with Crippen molar-refractivity contribution < 1.29 is 8.42 Å². The third kappa shape index (κ3) is 6.70. The van der Waals surface area contributed by atoms with Crippen molar-refractivity contribution in [2.24, 2.45) is 0 Å². The van der Waals surface area contributed by atoms with Crippen LogP contribution in [0, 0.1) is 6.92 Å². The molecule has 1 aromatic heterocycles. The van der Waals surface area contributed by atoms with Crippen LogP contribution in [0.4, 0.5) is 28.8 Å². The molecule has 2 fully saturated rings. The number of rotatable bonds is 9. The van der Waals surface area contributed by atoms with E-state index < -0.39 is 9.84 Å². The number of nitrogens with one attached hydrogen (secondary N) is 2. The van der Waals surface area contributed by atoms with Crippen molar-refractivity contribution in [2.75, 3.05) is 47.5 Å². The van der Waals surface area contributed by atoms with Gasteiger partial charge in [0.25, 0.3) is 0 Å². The smallest absolute Gasteiger partial charge is 0.229 e. The van der Waals surface area contributed by atoms with Crippen LogP contribution < -0.4 is 15.5 Å². The van der Waals surface area contributed by atoms with Crippen LogP contribution in [-0.4, -0.2) is 61.3 Å². The number of nitrogens with zero attached hydrogens (tertiary/aromatic N) is 4. The molecule has 0 saturated carbocycles. The van der Waals surface area contributed by atoms with Crippen molar-refractivity contribution in [2.45, 2.75) is 63.3 Å². The van der Waals surface area contributed by atoms with Gasteiger partial charge in [-0.1, -0.05) is 37.1 Å². The normalized spacial score (nSPS) is 17.1. The van der Waals surface area contributed by atoms with Crippen molar-refractivity contribution in [3.63, 3.8) is 0 Å². The number of hydrogen-bond donors (Lipinski definition) is 2. The second kappa shape index (κ2) is 12.7. The third-order valence-corrected chi connectivity index (χ3v) is 10.1. The molecule has 0 amide bonds. The van der Waals surface area contributed by atoms with Gasteiger partial charge in [-0.2, -0.15) is 4.98 Å². The van der Waals surface area contributed by atoms with Crippen LogP contribution in [0.1, 0.15) is 51.0 Å². The molecule has 0 bridgehead atoms. The van der Waals surface area contributed by atoms with Crippen LogP contribution in [-0.2, 0) is 9.84 Å². The predicted octanol–water partition coefficient (Wildman–Crippen LogP) is 6.56. The number of piperidine rings is 2. The van der Waals surface area contributed by atoms with Crippen molar-refractivity contribution in [1.82, 2.24) is 14.9 Å². The molecule has 40 heavy (non-hydrogen) atoms. The molecule has 0 aliphatic carbocycles. The highest BCUT2D eigenvalue weighted by molar-refractivity contribution is 7.91. The SMILES string of the molecule is CCCS(=O)(=O)c1ccccc1Nc1nc(Nc2ccc(N3CCC(N4CCCCC4)CC3)cc2C)ncc1Cl. The summed E-state index contributed by atoms with van der Waals surface area (Å²) in [5, 5.41) is 6.72. The number of halogens is 1. The molecule has 3 heterocycles. The van der Waals surface area contributed by atoms with Gasteiger partial charge in [0.2, 0.25) is 5.95 Å². The van der Waals surface area contributed by atoms with Gasteiger partial charge < -0.3 is 20.4 Å². The summed E-state index contributed by atoms with van der Waals surface area (Å²) >= 11 is 6.40. The third-order valence-electron chi connectivity index (χ3n) is 7.89. The highest BCUT2D eigenvalue weighted by Crippen LogP contribution is 2.31. The van der Waals surface area contributed by atoms with Crippen LogP contribution in [0.2, 0.25) is 5.02 Å². The van der Waals surface area contributed by atoms with E-state index in [-0.39, 0.29) is 10.6 Å². The Hall–Kier alpha value is -2.88. The minimum atomic E-state index is -3.43. The summed E-state index contributed by atoms with van der Waals surface area (Å²) in [6.45, 7) is 8.61. The first-order valence-corrected chi connectivity index (χ1v) is 16.3. The molecule has 2 N–H and O–H groups in total. The summed E-state index contributed by atoms with van der Waals surface area (Å²) in [7, 11) is -3.43. The fourth-order valence-electron chi connectivity index (χ4n) is 5.74. The Morgan fingerprint density at radius 2 is 1.73 bits per heavy atom. The van der Waals surface area contributed by atoms with Gasteiger partial charge in [0.15, 0.2) is 15.7 Å². The van der Waals surface area contributed by atoms with Gasteiger partial charge in [-0.05, 0) is 88.0 Å². The lowest BCUT2D eigenvalue weighted by Gasteiger charge is -2.41. The number of sulfone groups is 1. The molecule has 2 aliphatic rings. The summed E-state index contributed by atoms with van der Waals surface area (Å²) in [4.78, 5) is 14.3. The summed E-state index contributed by atoms with van der Waals surface area (Å²) in [6, 6.07) is 14.0. The van der Waals surface area contributed by atoms with Gasteiger partial charge in [0, 0.05) is 30.5 Å². The van der Waals surface area contributed by atoms with Crippen LogP contribution in [0.15, 0.2) is 53.6 Å². The minimum absolute atomic E-state index is 0.0712. The fraction of sp³-hybridized carbons (Fsp3) is 0.467. The molecule has 5 rings (SSSR count). The lowest BCUT2D eigenvalue weighted by atomic mass is 9.99. The number of aryl methyl sites for hydroxylation is 1. The van der Waals surface area contributed by atoms with E-state index in [4.69, 9.17) is 11.6 Å². The maximum absolute atomic E-state index is 12.8. The Bertz CT molecular complexity index is 1420. The number of aromatic nitrogens is 2. The Morgan fingerprint density at radius 1 is 0.975 bits per heavy atom. The molecular formula is C30H39ClN6O2S. The molecule has 0 spiro atoms. The van der Waals surface area contributed by atoms with Crippen LogP contribution in [0.25, 0.3) is 0 Å². The molecule has 8 nitrogen and oxygen atoms in total. The Kier molecular flexibility index (Phi) is 9.13. The van der Waals surface area contributed by atoms with Gasteiger partial charge in [0.05, 0.1) is 22.5 Å². The maximum atomic E-state index is 12.8. The van der Waals surface area contributed by atoms with E-state index in [0.717, 1.165) is 30.4 Å². The number of benzene rings is 2. The van der Waals surface area contributed by atoms with Crippen LogP contribution >= 0.6 is 11.6 Å². The van der Waals surface area contributed by atoms with E-state index in [1.54, 1.807) is 24.3 Å². The quantitative estimate of drug-likeness (QED) is 0.293.